The zero-order valence-corrected chi connectivity index (χ0v) is 3.70. The fourth-order valence-corrected chi connectivity index (χ4v) is 0.111. The van der Waals surface area contributed by atoms with Crippen molar-refractivity contribution < 1.29 is 15.0 Å². The Morgan fingerprint density at radius 3 is 2.25 bits per heavy atom. The molecule has 0 aliphatic heterocycles. The van der Waals surface area contributed by atoms with Crippen LogP contribution in [0.15, 0.2) is 17.1 Å². The quantitative estimate of drug-likeness (QED) is 0.286. The molecule has 0 aliphatic carbocycles. The number of hydrogen-bond donors (Lipinski definition) is 1. The molecule has 5 nitrogen and oxygen atoms in total. The number of carboxylic acids is 1. The molecule has 0 radical (unpaired) electrons. The first-order valence-electron chi connectivity index (χ1n) is 1.61. The van der Waals surface area contributed by atoms with Crippen molar-refractivity contribution in [1.29, 1.82) is 0 Å². The third-order valence-electron chi connectivity index (χ3n) is 0.429. The van der Waals surface area contributed by atoms with Crippen molar-refractivity contribution in [2.45, 2.75) is 0 Å². The van der Waals surface area contributed by atoms with Gasteiger partial charge in [-0.2, -0.15) is 0 Å². The van der Waals surface area contributed by atoms with E-state index < -0.39 is 11.7 Å². The lowest BCUT2D eigenvalue weighted by molar-refractivity contribution is -0.276. The van der Waals surface area contributed by atoms with Gasteiger partial charge in [-0.15, -0.1) is 11.2 Å². The fourth-order valence-electron chi connectivity index (χ4n) is 0.111. The van der Waals surface area contributed by atoms with Crippen molar-refractivity contribution in [3.8, 4) is 0 Å². The summed E-state index contributed by atoms with van der Waals surface area (Å²) in [7, 11) is 0. The van der Waals surface area contributed by atoms with E-state index in [1.165, 1.54) is 0 Å². The summed E-state index contributed by atoms with van der Waals surface area (Å²) in [6.45, 7) is 0. The van der Waals surface area contributed by atoms with Crippen LogP contribution in [-0.2, 0) is 4.79 Å². The number of carboxylic acid groups (broad SMARTS) is 1. The van der Waals surface area contributed by atoms with Crippen LogP contribution in [0.25, 0.3) is 0 Å². The molecule has 0 rings (SSSR count). The lowest BCUT2D eigenvalue weighted by Crippen LogP contribution is -2.01. The minimum atomic E-state index is -1.60. The van der Waals surface area contributed by atoms with E-state index in [-0.39, 0.29) is 6.26 Å². The van der Waals surface area contributed by atoms with Gasteiger partial charge in [-0.05, 0) is 5.18 Å². The highest BCUT2D eigenvalue weighted by atomic mass is 16.4. The Morgan fingerprint density at radius 1 is 1.75 bits per heavy atom. The van der Waals surface area contributed by atoms with E-state index in [9.17, 15) is 14.8 Å². The zero-order valence-electron chi connectivity index (χ0n) is 3.70. The molecular formula is C3H2NO4-. The van der Waals surface area contributed by atoms with Crippen LogP contribution < -0.4 is 5.11 Å². The second-order valence-corrected chi connectivity index (χ2v) is 0.900. The van der Waals surface area contributed by atoms with Gasteiger partial charge in [-0.25, -0.2) is 4.79 Å². The zero-order chi connectivity index (χ0) is 6.57. The highest BCUT2D eigenvalue weighted by Gasteiger charge is 2.00. The average Bonchev–Trinajstić information content (AvgIpc) is 1.69. The molecule has 0 atom stereocenters. The molecule has 0 aromatic heterocycles. The van der Waals surface area contributed by atoms with Gasteiger partial charge in [0, 0.05) is 0 Å². The molecule has 0 unspecified atom stereocenters. The summed E-state index contributed by atoms with van der Waals surface area (Å²) in [5.74, 6) is -1.60. The molecule has 0 spiro atoms. The van der Waals surface area contributed by atoms with Gasteiger partial charge in [0.2, 0.25) is 0 Å². The van der Waals surface area contributed by atoms with Crippen molar-refractivity contribution in [3.05, 3.63) is 16.9 Å². The molecular weight excluding hydrogens is 114 g/mol. The Bertz CT molecular complexity index is 138. The van der Waals surface area contributed by atoms with Gasteiger partial charge in [-0.1, -0.05) is 0 Å². The topological polar surface area (TPSA) is 89.8 Å². The van der Waals surface area contributed by atoms with Crippen LogP contribution in [0, 0.1) is 4.91 Å². The molecule has 0 aliphatic rings. The lowest BCUT2D eigenvalue weighted by Gasteiger charge is -1.89. The number of hydrogen-bond acceptors (Lipinski definition) is 4. The number of aliphatic carboxylic acids is 1. The SMILES string of the molecule is O=N/C(=C\[O-])C(=O)O. The molecule has 0 bridgehead atoms. The predicted octanol–water partition coefficient (Wildman–Crippen LogP) is -0.961. The minimum Gasteiger partial charge on any atom is -0.876 e. The summed E-state index contributed by atoms with van der Waals surface area (Å²) in [5.41, 5.74) is -1.01. The maximum Gasteiger partial charge on any atom is 0.356 e. The molecule has 0 fully saturated rings. The first kappa shape index (κ1) is 6.61. The molecule has 8 heavy (non-hydrogen) atoms. The van der Waals surface area contributed by atoms with E-state index in [0.29, 0.717) is 0 Å². The van der Waals surface area contributed by atoms with Crippen LogP contribution in [0.3, 0.4) is 0 Å². The van der Waals surface area contributed by atoms with Crippen molar-refractivity contribution in [3.63, 3.8) is 0 Å². The summed E-state index contributed by atoms with van der Waals surface area (Å²) >= 11 is 0. The average molecular weight is 116 g/mol. The van der Waals surface area contributed by atoms with Crippen LogP contribution in [0.4, 0.5) is 0 Å². The molecule has 0 aromatic rings. The normalized spacial score (nSPS) is 10.8. The first-order valence-corrected chi connectivity index (χ1v) is 1.61. The maximum atomic E-state index is 9.60. The van der Waals surface area contributed by atoms with Crippen LogP contribution in [0.2, 0.25) is 0 Å². The van der Waals surface area contributed by atoms with Crippen LogP contribution in [0.1, 0.15) is 0 Å². The number of rotatable bonds is 2. The first-order chi connectivity index (χ1) is 3.72. The Balaban J connectivity index is 4.13. The number of nitrogens with zero attached hydrogens (tertiary/aromatic N) is 1. The van der Waals surface area contributed by atoms with E-state index in [2.05, 4.69) is 0 Å². The standard InChI is InChI=1S/C3H3NO4/c5-1-2(4-8)3(6)7/h1,5H,(H,6,7)/p-1/b2-1-. The molecule has 0 saturated carbocycles. The van der Waals surface area contributed by atoms with E-state index in [1.807, 2.05) is 5.18 Å². The lowest BCUT2D eigenvalue weighted by atomic mass is 10.5. The van der Waals surface area contributed by atoms with Crippen LogP contribution in [-0.4, -0.2) is 11.1 Å². The summed E-state index contributed by atoms with van der Waals surface area (Å²) in [4.78, 5) is 18.9. The largest absolute Gasteiger partial charge is 0.876 e. The smallest absolute Gasteiger partial charge is 0.356 e. The van der Waals surface area contributed by atoms with Gasteiger partial charge < -0.3 is 10.2 Å². The van der Waals surface area contributed by atoms with Crippen molar-refractivity contribution in [1.82, 2.24) is 0 Å². The molecule has 0 amide bonds. The second kappa shape index (κ2) is 2.73. The Labute approximate surface area is 44.2 Å². The van der Waals surface area contributed by atoms with Crippen molar-refractivity contribution in [2.75, 3.05) is 0 Å². The Morgan fingerprint density at radius 2 is 2.25 bits per heavy atom. The summed E-state index contributed by atoms with van der Waals surface area (Å²) in [6.07, 6.45) is -0.116. The van der Waals surface area contributed by atoms with Gasteiger partial charge in [0.15, 0.2) is 5.70 Å². The second-order valence-electron chi connectivity index (χ2n) is 0.900. The molecule has 0 saturated heterocycles. The highest BCUT2D eigenvalue weighted by molar-refractivity contribution is 5.85. The van der Waals surface area contributed by atoms with E-state index in [0.717, 1.165) is 0 Å². The van der Waals surface area contributed by atoms with Crippen LogP contribution >= 0.6 is 0 Å². The van der Waals surface area contributed by atoms with Gasteiger partial charge in [0.1, 0.15) is 0 Å². The molecule has 1 N–H and O–H groups in total. The fraction of sp³-hybridized carbons (Fsp3) is 0. The number of nitroso groups, excluding NO2 is 1. The molecule has 44 valence electrons. The predicted molar refractivity (Wildman–Crippen MR) is 21.5 cm³/mol. The monoisotopic (exact) mass is 116 g/mol. The molecule has 5 heteroatoms. The Hall–Kier alpha value is -1.39. The van der Waals surface area contributed by atoms with Gasteiger partial charge in [0.05, 0.1) is 0 Å². The van der Waals surface area contributed by atoms with Crippen molar-refractivity contribution in [2.24, 2.45) is 5.18 Å². The molecule has 0 heterocycles. The van der Waals surface area contributed by atoms with Gasteiger partial charge in [-0.3, -0.25) is 0 Å². The van der Waals surface area contributed by atoms with Gasteiger partial charge in [0.25, 0.3) is 0 Å². The highest BCUT2D eigenvalue weighted by Crippen LogP contribution is 1.89. The van der Waals surface area contributed by atoms with E-state index >= 15 is 0 Å². The summed E-state index contributed by atoms with van der Waals surface area (Å²) in [6, 6.07) is 0. The van der Waals surface area contributed by atoms with Crippen molar-refractivity contribution >= 4 is 5.97 Å². The number of carbonyl (C=O) groups is 1. The molecule has 0 aromatic carbocycles. The summed E-state index contributed by atoms with van der Waals surface area (Å²) < 4.78 is 0. The Kier molecular flexibility index (Phi) is 2.25. The van der Waals surface area contributed by atoms with Crippen LogP contribution in [0.5, 0.6) is 0 Å². The maximum absolute atomic E-state index is 9.60. The summed E-state index contributed by atoms with van der Waals surface area (Å²) in [5, 5.41) is 19.2. The third-order valence-corrected chi connectivity index (χ3v) is 0.429. The van der Waals surface area contributed by atoms with E-state index in [1.54, 1.807) is 0 Å². The minimum absolute atomic E-state index is 0.116. The van der Waals surface area contributed by atoms with E-state index in [4.69, 9.17) is 5.11 Å². The van der Waals surface area contributed by atoms with Gasteiger partial charge >= 0.3 is 5.97 Å². The third kappa shape index (κ3) is 1.38.